The summed E-state index contributed by atoms with van der Waals surface area (Å²) in [6.45, 7) is 3.33. The molecule has 0 atom stereocenters. The van der Waals surface area contributed by atoms with Gasteiger partial charge in [0, 0.05) is 36.5 Å². The highest BCUT2D eigenvalue weighted by molar-refractivity contribution is 7.99. The summed E-state index contributed by atoms with van der Waals surface area (Å²) in [6.07, 6.45) is 0.294. The Labute approximate surface area is 203 Å². The fraction of sp³-hybridized carbons (Fsp3) is 0.292. The molecule has 1 fully saturated rings. The smallest absolute Gasteiger partial charge is 0.243 e. The Balaban J connectivity index is 1.30. The number of aromatic nitrogens is 2. The van der Waals surface area contributed by atoms with E-state index in [9.17, 15) is 13.2 Å². The standard InChI is InChI=1S/C24H26N4O4S2/c1-18-25-22(19-5-3-2-4-6-19)17-24(26-18)33-16-11-23(29)27-20-7-9-21(10-8-20)34(30,31)28-12-14-32-15-13-28/h2-10,17H,11-16H2,1H3,(H,27,29). The Morgan fingerprint density at radius 1 is 1.06 bits per heavy atom. The summed E-state index contributed by atoms with van der Waals surface area (Å²) in [7, 11) is -3.55. The molecule has 0 bridgehead atoms. The predicted molar refractivity (Wildman–Crippen MR) is 132 cm³/mol. The van der Waals surface area contributed by atoms with Crippen LogP contribution in [0.5, 0.6) is 0 Å². The zero-order valence-electron chi connectivity index (χ0n) is 18.8. The first-order valence-corrected chi connectivity index (χ1v) is 13.4. The van der Waals surface area contributed by atoms with E-state index in [2.05, 4.69) is 15.3 Å². The lowest BCUT2D eigenvalue weighted by Gasteiger charge is -2.26. The van der Waals surface area contributed by atoms with Gasteiger partial charge in [-0.1, -0.05) is 30.3 Å². The fourth-order valence-corrected chi connectivity index (χ4v) is 5.79. The average Bonchev–Trinajstić information content (AvgIpc) is 2.85. The summed E-state index contributed by atoms with van der Waals surface area (Å²) in [5.74, 6) is 1.09. The summed E-state index contributed by atoms with van der Waals surface area (Å²) in [6, 6.07) is 18.1. The lowest BCUT2D eigenvalue weighted by atomic mass is 10.1. The number of hydrogen-bond acceptors (Lipinski definition) is 7. The number of sulfonamides is 1. The van der Waals surface area contributed by atoms with Crippen molar-refractivity contribution < 1.29 is 17.9 Å². The Hall–Kier alpha value is -2.79. The average molecular weight is 499 g/mol. The molecule has 8 nitrogen and oxygen atoms in total. The lowest BCUT2D eigenvalue weighted by molar-refractivity contribution is -0.115. The minimum Gasteiger partial charge on any atom is -0.379 e. The van der Waals surface area contributed by atoms with Gasteiger partial charge >= 0.3 is 0 Å². The summed E-state index contributed by atoms with van der Waals surface area (Å²) < 4.78 is 32.0. The van der Waals surface area contributed by atoms with Gasteiger partial charge in [0.05, 0.1) is 23.8 Å². The van der Waals surface area contributed by atoms with Crippen LogP contribution >= 0.6 is 11.8 Å². The Kier molecular flexibility index (Phi) is 7.94. The minimum atomic E-state index is -3.55. The number of hydrogen-bond donors (Lipinski definition) is 1. The van der Waals surface area contributed by atoms with Crippen molar-refractivity contribution in [2.24, 2.45) is 0 Å². The molecule has 1 amide bonds. The molecule has 2 heterocycles. The molecule has 0 spiro atoms. The zero-order chi connectivity index (χ0) is 24.0. The minimum absolute atomic E-state index is 0.148. The van der Waals surface area contributed by atoms with Crippen LogP contribution in [-0.4, -0.2) is 60.7 Å². The summed E-state index contributed by atoms with van der Waals surface area (Å²) in [5, 5.41) is 3.64. The zero-order valence-corrected chi connectivity index (χ0v) is 20.4. The normalized spacial score (nSPS) is 14.6. The van der Waals surface area contributed by atoms with E-state index in [1.165, 1.54) is 28.2 Å². The third-order valence-corrected chi connectivity index (χ3v) is 8.03. The van der Waals surface area contributed by atoms with Gasteiger partial charge in [-0.15, -0.1) is 11.8 Å². The van der Waals surface area contributed by atoms with Crippen molar-refractivity contribution in [2.75, 3.05) is 37.4 Å². The first-order valence-electron chi connectivity index (χ1n) is 10.9. The van der Waals surface area contributed by atoms with E-state index in [1.54, 1.807) is 12.1 Å². The third kappa shape index (κ3) is 6.20. The van der Waals surface area contributed by atoms with Crippen molar-refractivity contribution in [3.8, 4) is 11.3 Å². The van der Waals surface area contributed by atoms with Crippen molar-refractivity contribution in [1.82, 2.24) is 14.3 Å². The van der Waals surface area contributed by atoms with E-state index in [1.807, 2.05) is 43.3 Å². The van der Waals surface area contributed by atoms with Crippen LogP contribution < -0.4 is 5.32 Å². The SMILES string of the molecule is Cc1nc(SCCC(=O)Nc2ccc(S(=O)(=O)N3CCOCC3)cc2)cc(-c2ccccc2)n1. The van der Waals surface area contributed by atoms with Gasteiger partial charge in [-0.25, -0.2) is 18.4 Å². The molecule has 0 saturated carbocycles. The van der Waals surface area contributed by atoms with Crippen molar-refractivity contribution >= 4 is 33.4 Å². The quantitative estimate of drug-likeness (QED) is 0.374. The molecule has 1 N–H and O–H groups in total. The number of thioether (sulfide) groups is 1. The number of rotatable bonds is 8. The lowest BCUT2D eigenvalue weighted by Crippen LogP contribution is -2.40. The molecule has 2 aromatic carbocycles. The maximum atomic E-state index is 12.7. The van der Waals surface area contributed by atoms with Gasteiger partial charge in [0.25, 0.3) is 0 Å². The topological polar surface area (TPSA) is 101 Å². The Morgan fingerprint density at radius 2 is 1.76 bits per heavy atom. The molecule has 178 valence electrons. The maximum absolute atomic E-state index is 12.7. The number of carbonyl (C=O) groups excluding carboxylic acids is 1. The van der Waals surface area contributed by atoms with Gasteiger partial charge in [0.15, 0.2) is 0 Å². The number of aryl methyl sites for hydroxylation is 1. The van der Waals surface area contributed by atoms with Crippen molar-refractivity contribution in [3.05, 3.63) is 66.5 Å². The number of anilines is 1. The van der Waals surface area contributed by atoms with Gasteiger partial charge in [0.1, 0.15) is 10.9 Å². The number of ether oxygens (including phenoxy) is 1. The van der Waals surface area contributed by atoms with Crippen LogP contribution in [0.4, 0.5) is 5.69 Å². The van der Waals surface area contributed by atoms with Gasteiger partial charge in [-0.3, -0.25) is 4.79 Å². The van der Waals surface area contributed by atoms with Crippen LogP contribution in [0, 0.1) is 6.92 Å². The second kappa shape index (κ2) is 11.1. The molecule has 1 saturated heterocycles. The fourth-order valence-electron chi connectivity index (χ4n) is 3.49. The second-order valence-corrected chi connectivity index (χ2v) is 10.7. The number of morpholine rings is 1. The molecule has 0 radical (unpaired) electrons. The van der Waals surface area contributed by atoms with Crippen LogP contribution in [0.15, 0.2) is 70.6 Å². The molecule has 1 aromatic heterocycles. The maximum Gasteiger partial charge on any atom is 0.243 e. The highest BCUT2D eigenvalue weighted by Crippen LogP contribution is 2.24. The van der Waals surface area contributed by atoms with Gasteiger partial charge in [-0.2, -0.15) is 4.31 Å². The van der Waals surface area contributed by atoms with Crippen molar-refractivity contribution in [2.45, 2.75) is 23.3 Å². The van der Waals surface area contributed by atoms with Crippen LogP contribution in [-0.2, 0) is 19.6 Å². The number of nitrogens with zero attached hydrogens (tertiary/aromatic N) is 3. The van der Waals surface area contributed by atoms with E-state index in [4.69, 9.17) is 4.74 Å². The van der Waals surface area contributed by atoms with Crippen LogP contribution in [0.2, 0.25) is 0 Å². The molecule has 0 unspecified atom stereocenters. The van der Waals surface area contributed by atoms with E-state index in [0.717, 1.165) is 16.3 Å². The molecule has 1 aliphatic rings. The molecule has 3 aromatic rings. The third-order valence-electron chi connectivity index (χ3n) is 5.21. The van der Waals surface area contributed by atoms with Crippen LogP contribution in [0.25, 0.3) is 11.3 Å². The van der Waals surface area contributed by atoms with Crippen molar-refractivity contribution in [3.63, 3.8) is 0 Å². The molecule has 34 heavy (non-hydrogen) atoms. The van der Waals surface area contributed by atoms with Gasteiger partial charge in [-0.05, 0) is 37.3 Å². The second-order valence-electron chi connectivity index (χ2n) is 7.69. The molecular formula is C24H26N4O4S2. The predicted octanol–water partition coefficient (Wildman–Crippen LogP) is 3.59. The summed E-state index contributed by atoms with van der Waals surface area (Å²) in [5.41, 5.74) is 2.43. The van der Waals surface area contributed by atoms with E-state index >= 15 is 0 Å². The summed E-state index contributed by atoms with van der Waals surface area (Å²) >= 11 is 1.50. The number of amides is 1. The van der Waals surface area contributed by atoms with Crippen LogP contribution in [0.1, 0.15) is 12.2 Å². The first-order chi connectivity index (χ1) is 16.4. The largest absolute Gasteiger partial charge is 0.379 e. The van der Waals surface area contributed by atoms with Crippen LogP contribution in [0.3, 0.4) is 0 Å². The molecular weight excluding hydrogens is 472 g/mol. The van der Waals surface area contributed by atoms with E-state index in [0.29, 0.717) is 50.0 Å². The van der Waals surface area contributed by atoms with Crippen molar-refractivity contribution in [1.29, 1.82) is 0 Å². The highest BCUT2D eigenvalue weighted by Gasteiger charge is 2.26. The molecule has 10 heteroatoms. The molecule has 0 aliphatic carbocycles. The van der Waals surface area contributed by atoms with Gasteiger partial charge < -0.3 is 10.1 Å². The number of benzene rings is 2. The Bertz CT molecular complexity index is 1230. The van der Waals surface area contributed by atoms with E-state index < -0.39 is 10.0 Å². The highest BCUT2D eigenvalue weighted by atomic mass is 32.2. The van der Waals surface area contributed by atoms with Gasteiger partial charge in [0.2, 0.25) is 15.9 Å². The molecule has 4 rings (SSSR count). The number of carbonyl (C=O) groups is 1. The first kappa shape index (κ1) is 24.3. The Morgan fingerprint density at radius 3 is 2.47 bits per heavy atom. The summed E-state index contributed by atoms with van der Waals surface area (Å²) in [4.78, 5) is 21.6. The van der Waals surface area contributed by atoms with E-state index in [-0.39, 0.29) is 10.8 Å². The monoisotopic (exact) mass is 498 g/mol. The molecule has 1 aliphatic heterocycles. The number of nitrogens with one attached hydrogen (secondary N) is 1.